The second-order valence-corrected chi connectivity index (χ2v) is 26.0. The normalized spacial score (nSPS) is 12.4. The minimum atomic E-state index is -0.123. The number of halogens is 1. The Morgan fingerprint density at radius 3 is 1.04 bits per heavy atom. The molecule has 11 aromatic rings. The molecular formula is C76H73ClN2. The second-order valence-electron chi connectivity index (χ2n) is 25.6. The van der Waals surface area contributed by atoms with Gasteiger partial charge >= 0.3 is 0 Å². The molecule has 0 saturated carbocycles. The van der Waals surface area contributed by atoms with E-state index in [1.807, 2.05) is 0 Å². The van der Waals surface area contributed by atoms with E-state index in [-0.39, 0.29) is 21.7 Å². The number of rotatable bonds is 9. The molecule has 2 nitrogen and oxygen atoms in total. The Balaban J connectivity index is 1.17. The lowest BCUT2D eigenvalue weighted by atomic mass is 9.84. The van der Waals surface area contributed by atoms with Crippen molar-refractivity contribution in [1.82, 2.24) is 0 Å². The van der Waals surface area contributed by atoms with E-state index in [1.54, 1.807) is 0 Å². The minimum Gasteiger partial charge on any atom is -0.308 e. The summed E-state index contributed by atoms with van der Waals surface area (Å²) in [5.41, 5.74) is 17.6. The number of benzene rings is 11. The van der Waals surface area contributed by atoms with Gasteiger partial charge < -0.3 is 9.80 Å². The van der Waals surface area contributed by atoms with Crippen LogP contribution in [0.25, 0.3) is 65.7 Å². The molecule has 0 amide bonds. The molecule has 394 valence electrons. The summed E-state index contributed by atoms with van der Waals surface area (Å²) in [6.45, 7) is 27.4. The van der Waals surface area contributed by atoms with Crippen molar-refractivity contribution in [3.63, 3.8) is 0 Å². The second kappa shape index (κ2) is 20.4. The van der Waals surface area contributed by atoms with E-state index in [0.29, 0.717) is 5.02 Å². The summed E-state index contributed by atoms with van der Waals surface area (Å²) in [5, 5.41) is 8.12. The molecule has 11 rings (SSSR count). The van der Waals surface area contributed by atoms with Crippen LogP contribution in [0.2, 0.25) is 5.02 Å². The number of fused-ring (bicyclic) bond motifs is 6. The summed E-state index contributed by atoms with van der Waals surface area (Å²) in [6, 6.07) is 83.3. The van der Waals surface area contributed by atoms with Gasteiger partial charge in [0.25, 0.3) is 0 Å². The summed E-state index contributed by atoms with van der Waals surface area (Å²) in [7, 11) is 0. The number of nitrogens with zero attached hydrogens (tertiary/aromatic N) is 2. The van der Waals surface area contributed by atoms with Gasteiger partial charge in [-0.3, -0.25) is 0 Å². The molecule has 0 aromatic heterocycles. The van der Waals surface area contributed by atoms with Crippen LogP contribution in [0.3, 0.4) is 0 Å². The topological polar surface area (TPSA) is 6.48 Å². The van der Waals surface area contributed by atoms with E-state index >= 15 is 0 Å². The Labute approximate surface area is 475 Å². The summed E-state index contributed by atoms with van der Waals surface area (Å²) in [5.74, 6) is 0. The van der Waals surface area contributed by atoms with E-state index in [1.165, 1.54) is 60.1 Å². The van der Waals surface area contributed by atoms with Crippen molar-refractivity contribution in [1.29, 1.82) is 0 Å². The molecule has 0 bridgehead atoms. The number of hydrogen-bond donors (Lipinski definition) is 0. The van der Waals surface area contributed by atoms with Gasteiger partial charge in [-0.05, 0) is 165 Å². The van der Waals surface area contributed by atoms with E-state index in [9.17, 15) is 0 Å². The quantitative estimate of drug-likeness (QED) is 0.133. The third kappa shape index (κ3) is 10.4. The van der Waals surface area contributed by atoms with Gasteiger partial charge in [-0.15, -0.1) is 0 Å². The van der Waals surface area contributed by atoms with Gasteiger partial charge in [0.15, 0.2) is 0 Å². The van der Waals surface area contributed by atoms with Crippen LogP contribution in [0, 0.1) is 0 Å². The maximum absolute atomic E-state index is 8.30. The summed E-state index contributed by atoms with van der Waals surface area (Å²) >= 11 is 8.30. The van der Waals surface area contributed by atoms with E-state index < -0.39 is 0 Å². The fourth-order valence-corrected chi connectivity index (χ4v) is 11.6. The first-order valence-electron chi connectivity index (χ1n) is 28.0. The first kappa shape index (κ1) is 53.1. The van der Waals surface area contributed by atoms with Crippen molar-refractivity contribution in [2.24, 2.45) is 0 Å². The Bertz CT molecular complexity index is 3990. The zero-order chi connectivity index (χ0) is 55.6. The van der Waals surface area contributed by atoms with E-state index in [4.69, 9.17) is 11.6 Å². The van der Waals surface area contributed by atoms with E-state index in [2.05, 4.69) is 317 Å². The van der Waals surface area contributed by atoms with Crippen LogP contribution < -0.4 is 9.80 Å². The van der Waals surface area contributed by atoms with Crippen LogP contribution >= 0.6 is 11.6 Å². The SMILES string of the molecule is CC(C)(C)c1ccc(-c2ccc(N(c3ccc(C(C)(C)C)cc3-c3ccc4c5ccccc5c5ccccc5c4c3)c3cccc(N(c4ccc(C(C)(C)C)cc4)c4ccc(C(C)(C)C)cc4-c4ccccc4)c3Cl)cc2)cc1. The fraction of sp³-hybridized carbons (Fsp3) is 0.211. The van der Waals surface area contributed by atoms with Crippen LogP contribution in [0.15, 0.2) is 224 Å². The average Bonchev–Trinajstić information content (AvgIpc) is 3.46. The van der Waals surface area contributed by atoms with Gasteiger partial charge in [0, 0.05) is 22.5 Å². The highest BCUT2D eigenvalue weighted by Crippen LogP contribution is 2.52. The van der Waals surface area contributed by atoms with Gasteiger partial charge in [-0.2, -0.15) is 0 Å². The third-order valence-corrected chi connectivity index (χ3v) is 16.4. The highest BCUT2D eigenvalue weighted by atomic mass is 35.5. The lowest BCUT2D eigenvalue weighted by Gasteiger charge is -2.34. The number of hydrogen-bond acceptors (Lipinski definition) is 2. The molecule has 0 spiro atoms. The van der Waals surface area contributed by atoms with Crippen LogP contribution in [0.5, 0.6) is 0 Å². The zero-order valence-electron chi connectivity index (χ0n) is 48.1. The Morgan fingerprint density at radius 1 is 0.253 bits per heavy atom. The third-order valence-electron chi connectivity index (χ3n) is 16.0. The Kier molecular flexibility index (Phi) is 13.7. The van der Waals surface area contributed by atoms with Crippen molar-refractivity contribution >= 4 is 78.0 Å². The van der Waals surface area contributed by atoms with Gasteiger partial charge in [0.2, 0.25) is 0 Å². The maximum atomic E-state index is 8.30. The smallest absolute Gasteiger partial charge is 0.0887 e. The highest BCUT2D eigenvalue weighted by molar-refractivity contribution is 6.37. The van der Waals surface area contributed by atoms with Crippen LogP contribution in [0.4, 0.5) is 34.1 Å². The largest absolute Gasteiger partial charge is 0.308 e. The van der Waals surface area contributed by atoms with Gasteiger partial charge in [0.1, 0.15) is 0 Å². The number of anilines is 6. The average molecular weight is 1050 g/mol. The fourth-order valence-electron chi connectivity index (χ4n) is 11.3. The van der Waals surface area contributed by atoms with Gasteiger partial charge in [-0.1, -0.05) is 252 Å². The highest BCUT2D eigenvalue weighted by Gasteiger charge is 2.29. The monoisotopic (exact) mass is 1050 g/mol. The predicted octanol–water partition coefficient (Wildman–Crippen LogP) is 22.9. The van der Waals surface area contributed by atoms with Crippen molar-refractivity contribution in [3.8, 4) is 33.4 Å². The summed E-state index contributed by atoms with van der Waals surface area (Å²) in [4.78, 5) is 4.77. The Hall–Kier alpha value is -7.91. The molecule has 11 aromatic carbocycles. The Morgan fingerprint density at radius 2 is 0.595 bits per heavy atom. The molecule has 79 heavy (non-hydrogen) atoms. The first-order chi connectivity index (χ1) is 37.6. The molecule has 0 fully saturated rings. The molecule has 0 heterocycles. The lowest BCUT2D eigenvalue weighted by molar-refractivity contribution is 0.590. The van der Waals surface area contributed by atoms with Crippen molar-refractivity contribution < 1.29 is 0 Å². The molecular weight excluding hydrogens is 976 g/mol. The van der Waals surface area contributed by atoms with Gasteiger partial charge in [-0.25, -0.2) is 0 Å². The summed E-state index contributed by atoms with van der Waals surface area (Å²) in [6.07, 6.45) is 0. The molecule has 0 radical (unpaired) electrons. The van der Waals surface area contributed by atoms with Crippen molar-refractivity contribution in [2.75, 3.05) is 9.80 Å². The van der Waals surface area contributed by atoms with Crippen molar-refractivity contribution in [2.45, 2.75) is 105 Å². The molecule has 0 aliphatic carbocycles. The standard InChI is InChI=1S/C76H73ClN2/c1-73(2,3)54-34-29-50(30-35-54)51-31-40-58(41-32-51)78(69-46-39-57(76(10,11)12)49-66(69)53-33-44-64-62-25-17-16-23-60(62)61-24-18-19-26-63(61)67(64)47-53)70-27-20-28-71(72(70)77)79(59-42-36-55(37-43-59)74(4,5)6)68-45-38-56(75(7,8)9)48-65(68)52-21-14-13-15-22-52/h13-49H,1-12H3. The van der Waals surface area contributed by atoms with Crippen molar-refractivity contribution in [3.05, 3.63) is 252 Å². The summed E-state index contributed by atoms with van der Waals surface area (Å²) < 4.78 is 0. The zero-order valence-corrected chi connectivity index (χ0v) is 48.9. The van der Waals surface area contributed by atoms with Crippen LogP contribution in [0.1, 0.15) is 105 Å². The molecule has 0 N–H and O–H groups in total. The predicted molar refractivity (Wildman–Crippen MR) is 344 cm³/mol. The lowest BCUT2D eigenvalue weighted by Crippen LogP contribution is -2.17. The van der Waals surface area contributed by atoms with Crippen LogP contribution in [-0.2, 0) is 21.7 Å². The van der Waals surface area contributed by atoms with E-state index in [0.717, 1.165) is 61.9 Å². The molecule has 0 aliphatic heterocycles. The minimum absolute atomic E-state index is 0.0252. The van der Waals surface area contributed by atoms with Gasteiger partial charge in [0.05, 0.1) is 27.8 Å². The molecule has 0 saturated heterocycles. The maximum Gasteiger partial charge on any atom is 0.0887 e. The molecule has 0 aliphatic rings. The van der Waals surface area contributed by atoms with Crippen LogP contribution in [-0.4, -0.2) is 0 Å². The molecule has 3 heteroatoms. The molecule has 0 atom stereocenters. The first-order valence-corrected chi connectivity index (χ1v) is 28.4. The molecule has 0 unspecified atom stereocenters.